The van der Waals surface area contributed by atoms with Gasteiger partial charge in [-0.15, -0.1) is 0 Å². The van der Waals surface area contributed by atoms with Crippen LogP contribution in [-0.4, -0.2) is 46.7 Å². The lowest BCUT2D eigenvalue weighted by atomic mass is 9.80. The van der Waals surface area contributed by atoms with Crippen molar-refractivity contribution in [2.75, 3.05) is 6.61 Å². The summed E-state index contributed by atoms with van der Waals surface area (Å²) < 4.78 is 11.1. The number of carbonyl (C=O) groups excluding carboxylic acids is 1. The lowest BCUT2D eigenvalue weighted by Crippen LogP contribution is -2.50. The Bertz CT molecular complexity index is 483. The number of carbonyl (C=O) groups is 1. The summed E-state index contributed by atoms with van der Waals surface area (Å²) in [4.78, 5) is 11.7. The van der Waals surface area contributed by atoms with E-state index in [0.29, 0.717) is 25.0 Å². The van der Waals surface area contributed by atoms with Crippen molar-refractivity contribution in [1.29, 1.82) is 0 Å². The second-order valence-electron chi connectivity index (χ2n) is 6.12. The third-order valence-electron chi connectivity index (χ3n) is 4.81. The average Bonchev–Trinajstić information content (AvgIpc) is 2.61. The van der Waals surface area contributed by atoms with Crippen molar-refractivity contribution in [3.05, 3.63) is 23.8 Å². The highest BCUT2D eigenvalue weighted by atomic mass is 16.6. The standard InChI is InChI=1S/C15H20O5/c1-8-10-6-11(16)9-4-3-5-15(2,19-7-9)13(17)12(10)20-14(8)18/h4,10-13,16-17H,1,3,5-7H2,2H3/t10-,11-,12-,13-,15-/m0/s1. The number of allylic oxidation sites excluding steroid dienone is 1. The summed E-state index contributed by atoms with van der Waals surface area (Å²) >= 11 is 0. The Morgan fingerprint density at radius 3 is 2.95 bits per heavy atom. The van der Waals surface area contributed by atoms with E-state index in [0.717, 1.165) is 12.0 Å². The molecule has 0 aromatic heterocycles. The highest BCUT2D eigenvalue weighted by Crippen LogP contribution is 2.41. The summed E-state index contributed by atoms with van der Waals surface area (Å²) in [7, 11) is 0. The van der Waals surface area contributed by atoms with Crippen molar-refractivity contribution in [2.24, 2.45) is 5.92 Å². The minimum atomic E-state index is -0.922. The van der Waals surface area contributed by atoms with Crippen molar-refractivity contribution >= 4 is 5.97 Å². The van der Waals surface area contributed by atoms with Crippen LogP contribution in [0.25, 0.3) is 0 Å². The number of aliphatic hydroxyl groups excluding tert-OH is 2. The SMILES string of the molecule is C=C1C(=O)O[C@H]2[C@H]1C[C@H](O)C1=CCC[C@](C)(OC1)[C@H]2O. The number of ether oxygens (including phenoxy) is 2. The van der Waals surface area contributed by atoms with Crippen LogP contribution in [0.3, 0.4) is 0 Å². The van der Waals surface area contributed by atoms with E-state index in [1.165, 1.54) is 0 Å². The van der Waals surface area contributed by atoms with Gasteiger partial charge in [0, 0.05) is 11.5 Å². The van der Waals surface area contributed by atoms with Crippen LogP contribution >= 0.6 is 0 Å². The van der Waals surface area contributed by atoms with Crippen molar-refractivity contribution in [2.45, 2.75) is 50.1 Å². The molecule has 0 aliphatic carbocycles. The van der Waals surface area contributed by atoms with E-state index in [1.54, 1.807) is 0 Å². The van der Waals surface area contributed by atoms with Crippen LogP contribution in [0.2, 0.25) is 0 Å². The molecule has 2 N–H and O–H groups in total. The van der Waals surface area contributed by atoms with Gasteiger partial charge in [0.15, 0.2) is 0 Å². The van der Waals surface area contributed by atoms with E-state index in [9.17, 15) is 15.0 Å². The molecule has 0 aromatic carbocycles. The fourth-order valence-electron chi connectivity index (χ4n) is 3.32. The first-order chi connectivity index (χ1) is 9.42. The van der Waals surface area contributed by atoms with Gasteiger partial charge in [0.2, 0.25) is 0 Å². The van der Waals surface area contributed by atoms with Crippen LogP contribution in [0.1, 0.15) is 26.2 Å². The molecule has 3 heterocycles. The fourth-order valence-corrected chi connectivity index (χ4v) is 3.32. The quantitative estimate of drug-likeness (QED) is 0.388. The maximum absolute atomic E-state index is 11.7. The van der Waals surface area contributed by atoms with E-state index < -0.39 is 29.9 Å². The maximum atomic E-state index is 11.7. The maximum Gasteiger partial charge on any atom is 0.334 e. The molecule has 0 amide bonds. The molecule has 2 saturated heterocycles. The summed E-state index contributed by atoms with van der Waals surface area (Å²) in [6.45, 7) is 5.88. The van der Waals surface area contributed by atoms with E-state index in [4.69, 9.17) is 9.47 Å². The molecule has 3 rings (SSSR count). The number of fused-ring (bicyclic) bond motifs is 4. The van der Waals surface area contributed by atoms with Gasteiger partial charge in [0.05, 0.1) is 18.3 Å². The molecule has 5 heteroatoms. The highest BCUT2D eigenvalue weighted by molar-refractivity contribution is 5.90. The predicted octanol–water partition coefficient (Wildman–Crippen LogP) is 0.705. The Morgan fingerprint density at radius 1 is 1.45 bits per heavy atom. The summed E-state index contributed by atoms with van der Waals surface area (Å²) in [5.74, 6) is -0.853. The van der Waals surface area contributed by atoms with Gasteiger partial charge in [-0.2, -0.15) is 0 Å². The molecule has 0 unspecified atom stereocenters. The molecular weight excluding hydrogens is 260 g/mol. The van der Waals surface area contributed by atoms with Crippen molar-refractivity contribution in [1.82, 2.24) is 0 Å². The zero-order chi connectivity index (χ0) is 14.5. The van der Waals surface area contributed by atoms with E-state index in [-0.39, 0.29) is 5.92 Å². The van der Waals surface area contributed by atoms with Crippen LogP contribution in [0.5, 0.6) is 0 Å². The van der Waals surface area contributed by atoms with Gasteiger partial charge in [0.1, 0.15) is 12.2 Å². The van der Waals surface area contributed by atoms with Crippen LogP contribution in [0.4, 0.5) is 0 Å². The van der Waals surface area contributed by atoms with Gasteiger partial charge in [-0.1, -0.05) is 12.7 Å². The molecule has 0 radical (unpaired) electrons. The summed E-state index contributed by atoms with van der Waals surface area (Å²) in [5.41, 5.74) is 0.363. The number of esters is 1. The highest BCUT2D eigenvalue weighted by Gasteiger charge is 2.51. The molecule has 0 saturated carbocycles. The first kappa shape index (κ1) is 13.8. The Hall–Kier alpha value is -1.17. The van der Waals surface area contributed by atoms with Crippen LogP contribution < -0.4 is 0 Å². The topological polar surface area (TPSA) is 76.0 Å². The molecule has 0 aromatic rings. The van der Waals surface area contributed by atoms with Gasteiger partial charge in [-0.25, -0.2) is 4.79 Å². The molecule has 5 atom stereocenters. The normalized spacial score (nSPS) is 44.9. The molecule has 20 heavy (non-hydrogen) atoms. The molecule has 110 valence electrons. The fraction of sp³-hybridized carbons (Fsp3) is 0.667. The van der Waals surface area contributed by atoms with Gasteiger partial charge in [-0.05, 0) is 31.8 Å². The zero-order valence-corrected chi connectivity index (χ0v) is 11.5. The summed E-state index contributed by atoms with van der Waals surface area (Å²) in [6.07, 6.45) is 1.35. The smallest absolute Gasteiger partial charge is 0.334 e. The van der Waals surface area contributed by atoms with Crippen molar-refractivity contribution in [3.63, 3.8) is 0 Å². The third-order valence-corrected chi connectivity index (χ3v) is 4.81. The lowest BCUT2D eigenvalue weighted by Gasteiger charge is -2.36. The largest absolute Gasteiger partial charge is 0.455 e. The minimum absolute atomic E-state index is 0.300. The predicted molar refractivity (Wildman–Crippen MR) is 70.8 cm³/mol. The van der Waals surface area contributed by atoms with Crippen molar-refractivity contribution in [3.8, 4) is 0 Å². The summed E-state index contributed by atoms with van der Waals surface area (Å²) in [5, 5.41) is 21.0. The Kier molecular flexibility index (Phi) is 3.23. The Labute approximate surface area is 117 Å². The number of hydrogen-bond donors (Lipinski definition) is 2. The molecule has 2 fully saturated rings. The Balaban J connectivity index is 2.02. The van der Waals surface area contributed by atoms with Crippen molar-refractivity contribution < 1.29 is 24.5 Å². The number of rotatable bonds is 0. The monoisotopic (exact) mass is 280 g/mol. The van der Waals surface area contributed by atoms with Gasteiger partial charge in [0.25, 0.3) is 0 Å². The zero-order valence-electron chi connectivity index (χ0n) is 11.5. The second kappa shape index (κ2) is 4.69. The minimum Gasteiger partial charge on any atom is -0.455 e. The van der Waals surface area contributed by atoms with Gasteiger partial charge < -0.3 is 19.7 Å². The average molecular weight is 280 g/mol. The van der Waals surface area contributed by atoms with E-state index in [1.807, 2.05) is 13.0 Å². The van der Waals surface area contributed by atoms with Crippen LogP contribution in [-0.2, 0) is 14.3 Å². The Morgan fingerprint density at radius 2 is 2.20 bits per heavy atom. The van der Waals surface area contributed by atoms with Gasteiger partial charge >= 0.3 is 5.97 Å². The molecule has 2 bridgehead atoms. The molecule has 3 aliphatic heterocycles. The van der Waals surface area contributed by atoms with E-state index in [2.05, 4.69) is 6.58 Å². The lowest BCUT2D eigenvalue weighted by molar-refractivity contribution is -0.168. The first-order valence-corrected chi connectivity index (χ1v) is 7.01. The van der Waals surface area contributed by atoms with E-state index >= 15 is 0 Å². The third kappa shape index (κ3) is 2.01. The van der Waals surface area contributed by atoms with Crippen LogP contribution in [0.15, 0.2) is 23.8 Å². The molecule has 5 nitrogen and oxygen atoms in total. The first-order valence-electron chi connectivity index (χ1n) is 7.01. The molecular formula is C15H20O5. The number of hydrogen-bond acceptors (Lipinski definition) is 5. The summed E-state index contributed by atoms with van der Waals surface area (Å²) in [6, 6.07) is 0. The molecule has 0 spiro atoms. The molecule has 3 aliphatic rings. The second-order valence-corrected chi connectivity index (χ2v) is 6.12. The van der Waals surface area contributed by atoms with Gasteiger partial charge in [-0.3, -0.25) is 0 Å². The van der Waals surface area contributed by atoms with Crippen LogP contribution in [0, 0.1) is 5.92 Å². The number of aliphatic hydroxyl groups is 2.